The highest BCUT2D eigenvalue weighted by molar-refractivity contribution is 5.75. The minimum absolute atomic E-state index is 0.586. The molecule has 2 nitrogen and oxygen atoms in total. The largest absolute Gasteiger partial charge is 0.381 e. The van der Waals surface area contributed by atoms with E-state index < -0.39 is 5.41 Å². The van der Waals surface area contributed by atoms with Gasteiger partial charge in [0.05, 0.1) is 5.41 Å². The lowest BCUT2D eigenvalue weighted by Crippen LogP contribution is -2.29. The van der Waals surface area contributed by atoms with Crippen LogP contribution in [0.5, 0.6) is 0 Å². The van der Waals surface area contributed by atoms with Crippen LogP contribution in [0.3, 0.4) is 0 Å². The molecule has 0 aromatic heterocycles. The SMILES string of the molecule is CCN(C)/C=C/CCC(C=O)(c1ccccc1)c1ccccc1. The molecule has 0 aliphatic rings. The molecule has 0 heterocycles. The summed E-state index contributed by atoms with van der Waals surface area (Å²) in [5.74, 6) is 0. The maximum atomic E-state index is 12.2. The standard InChI is InChI=1S/C21H25NO/c1-3-22(2)17-11-10-16-21(18-23,19-12-6-4-7-13-19)20-14-8-5-9-15-20/h4-9,11-15,17-18H,3,10,16H2,1-2H3/b17-11+. The number of carbonyl (C=O) groups is 1. The molecular weight excluding hydrogens is 282 g/mol. The summed E-state index contributed by atoms with van der Waals surface area (Å²) in [5, 5.41) is 0. The maximum Gasteiger partial charge on any atom is 0.134 e. The minimum Gasteiger partial charge on any atom is -0.381 e. The molecule has 0 aliphatic carbocycles. The van der Waals surface area contributed by atoms with Crippen molar-refractivity contribution in [2.45, 2.75) is 25.2 Å². The molecule has 0 atom stereocenters. The van der Waals surface area contributed by atoms with Gasteiger partial charge >= 0.3 is 0 Å². The molecule has 120 valence electrons. The van der Waals surface area contributed by atoms with Crippen molar-refractivity contribution >= 4 is 6.29 Å². The van der Waals surface area contributed by atoms with E-state index in [1.807, 2.05) is 60.7 Å². The molecule has 2 heteroatoms. The van der Waals surface area contributed by atoms with Crippen LogP contribution in [-0.2, 0) is 10.2 Å². The zero-order valence-corrected chi connectivity index (χ0v) is 14.0. The van der Waals surface area contributed by atoms with Crippen molar-refractivity contribution in [3.8, 4) is 0 Å². The molecule has 0 saturated carbocycles. The molecule has 0 fully saturated rings. The predicted octanol–water partition coefficient (Wildman–Crippen LogP) is 4.42. The third-order valence-electron chi connectivity index (χ3n) is 4.34. The molecule has 0 saturated heterocycles. The first-order valence-corrected chi connectivity index (χ1v) is 8.17. The van der Waals surface area contributed by atoms with Gasteiger partial charge in [-0.15, -0.1) is 0 Å². The Morgan fingerprint density at radius 2 is 1.48 bits per heavy atom. The highest BCUT2D eigenvalue weighted by atomic mass is 16.1. The Kier molecular flexibility index (Phi) is 6.16. The average Bonchev–Trinajstić information content (AvgIpc) is 2.63. The molecule has 0 unspecified atom stereocenters. The summed E-state index contributed by atoms with van der Waals surface area (Å²) in [6.45, 7) is 3.10. The van der Waals surface area contributed by atoms with Gasteiger partial charge in [-0.3, -0.25) is 0 Å². The Labute approximate surface area is 139 Å². The molecule has 0 bridgehead atoms. The zero-order valence-electron chi connectivity index (χ0n) is 14.0. The summed E-state index contributed by atoms with van der Waals surface area (Å²) in [4.78, 5) is 14.3. The Hall–Kier alpha value is -2.35. The first kappa shape index (κ1) is 17.0. The highest BCUT2D eigenvalue weighted by Crippen LogP contribution is 2.35. The monoisotopic (exact) mass is 307 g/mol. The van der Waals surface area contributed by atoms with Crippen LogP contribution in [0, 0.1) is 0 Å². The molecule has 0 radical (unpaired) electrons. The summed E-state index contributed by atoms with van der Waals surface area (Å²) < 4.78 is 0. The third kappa shape index (κ3) is 4.10. The second-order valence-corrected chi connectivity index (χ2v) is 5.82. The fourth-order valence-electron chi connectivity index (χ4n) is 2.79. The van der Waals surface area contributed by atoms with Gasteiger partial charge in [-0.1, -0.05) is 66.7 Å². The van der Waals surface area contributed by atoms with Crippen molar-refractivity contribution in [2.24, 2.45) is 0 Å². The van der Waals surface area contributed by atoms with Gasteiger partial charge in [0, 0.05) is 13.6 Å². The number of benzene rings is 2. The molecule has 0 aliphatic heterocycles. The van der Waals surface area contributed by atoms with Crippen LogP contribution in [-0.4, -0.2) is 24.8 Å². The van der Waals surface area contributed by atoms with E-state index in [1.165, 1.54) is 0 Å². The van der Waals surface area contributed by atoms with Gasteiger partial charge in [-0.05, 0) is 37.1 Å². The second kappa shape index (κ2) is 8.33. The number of rotatable bonds is 8. The van der Waals surface area contributed by atoms with E-state index >= 15 is 0 Å². The maximum absolute atomic E-state index is 12.2. The fourth-order valence-corrected chi connectivity index (χ4v) is 2.79. The van der Waals surface area contributed by atoms with E-state index in [1.54, 1.807) is 0 Å². The Morgan fingerprint density at radius 1 is 0.957 bits per heavy atom. The summed E-state index contributed by atoms with van der Waals surface area (Å²) >= 11 is 0. The number of aldehydes is 1. The summed E-state index contributed by atoms with van der Waals surface area (Å²) in [6, 6.07) is 20.1. The molecule has 0 spiro atoms. The van der Waals surface area contributed by atoms with Crippen LogP contribution in [0.1, 0.15) is 30.9 Å². The molecule has 2 rings (SSSR count). The molecule has 0 N–H and O–H groups in total. The van der Waals surface area contributed by atoms with Crippen LogP contribution in [0.4, 0.5) is 0 Å². The quantitative estimate of drug-likeness (QED) is 0.673. The van der Waals surface area contributed by atoms with Crippen molar-refractivity contribution < 1.29 is 4.79 Å². The lowest BCUT2D eigenvalue weighted by molar-refractivity contribution is -0.111. The molecule has 0 amide bonds. The number of hydrogen-bond acceptors (Lipinski definition) is 2. The topological polar surface area (TPSA) is 20.3 Å². The fraction of sp³-hybridized carbons (Fsp3) is 0.286. The van der Waals surface area contributed by atoms with Gasteiger partial charge in [0.25, 0.3) is 0 Å². The van der Waals surface area contributed by atoms with E-state index in [-0.39, 0.29) is 0 Å². The Balaban J connectivity index is 2.32. The lowest BCUT2D eigenvalue weighted by atomic mass is 9.72. The van der Waals surface area contributed by atoms with E-state index in [4.69, 9.17) is 0 Å². The first-order chi connectivity index (χ1) is 11.2. The smallest absolute Gasteiger partial charge is 0.134 e. The molecule has 23 heavy (non-hydrogen) atoms. The molecule has 2 aromatic carbocycles. The number of carbonyl (C=O) groups excluding carboxylic acids is 1. The number of allylic oxidation sites excluding steroid dienone is 1. The zero-order chi connectivity index (χ0) is 16.5. The van der Waals surface area contributed by atoms with Gasteiger partial charge in [0.1, 0.15) is 6.29 Å². The lowest BCUT2D eigenvalue weighted by Gasteiger charge is -2.29. The first-order valence-electron chi connectivity index (χ1n) is 8.17. The van der Waals surface area contributed by atoms with Crippen molar-refractivity contribution in [2.75, 3.05) is 13.6 Å². The van der Waals surface area contributed by atoms with Crippen molar-refractivity contribution in [1.29, 1.82) is 0 Å². The number of hydrogen-bond donors (Lipinski definition) is 0. The van der Waals surface area contributed by atoms with Crippen molar-refractivity contribution in [3.05, 3.63) is 84.1 Å². The van der Waals surface area contributed by atoms with Gasteiger partial charge in [0.15, 0.2) is 0 Å². The van der Waals surface area contributed by atoms with Crippen LogP contribution in [0.25, 0.3) is 0 Å². The minimum atomic E-state index is -0.586. The van der Waals surface area contributed by atoms with E-state index in [2.05, 4.69) is 31.1 Å². The Bertz CT molecular complexity index is 579. The molecular formula is C21H25NO. The van der Waals surface area contributed by atoms with Crippen LogP contribution in [0.15, 0.2) is 72.9 Å². The summed E-state index contributed by atoms with van der Waals surface area (Å²) in [5.41, 5.74) is 1.52. The summed E-state index contributed by atoms with van der Waals surface area (Å²) in [7, 11) is 2.05. The Morgan fingerprint density at radius 3 is 1.91 bits per heavy atom. The highest BCUT2D eigenvalue weighted by Gasteiger charge is 2.33. The van der Waals surface area contributed by atoms with E-state index in [0.29, 0.717) is 0 Å². The van der Waals surface area contributed by atoms with Gasteiger partial charge in [-0.2, -0.15) is 0 Å². The van der Waals surface area contributed by atoms with Gasteiger partial charge in [-0.25, -0.2) is 0 Å². The molecule has 2 aromatic rings. The van der Waals surface area contributed by atoms with E-state index in [9.17, 15) is 4.79 Å². The third-order valence-corrected chi connectivity index (χ3v) is 4.34. The van der Waals surface area contributed by atoms with Crippen molar-refractivity contribution in [1.82, 2.24) is 4.90 Å². The predicted molar refractivity (Wildman–Crippen MR) is 96.4 cm³/mol. The second-order valence-electron chi connectivity index (χ2n) is 5.82. The average molecular weight is 307 g/mol. The van der Waals surface area contributed by atoms with Gasteiger partial charge in [0.2, 0.25) is 0 Å². The summed E-state index contributed by atoms with van der Waals surface area (Å²) in [6.07, 6.45) is 6.96. The van der Waals surface area contributed by atoms with E-state index in [0.717, 1.165) is 36.8 Å². The van der Waals surface area contributed by atoms with Gasteiger partial charge < -0.3 is 9.69 Å². The van der Waals surface area contributed by atoms with Crippen LogP contribution in [0.2, 0.25) is 0 Å². The van der Waals surface area contributed by atoms with Crippen molar-refractivity contribution in [3.63, 3.8) is 0 Å². The van der Waals surface area contributed by atoms with Crippen LogP contribution >= 0.6 is 0 Å². The van der Waals surface area contributed by atoms with Crippen LogP contribution < -0.4 is 0 Å². The number of nitrogens with zero attached hydrogens (tertiary/aromatic N) is 1. The normalized spacial score (nSPS) is 11.6.